The predicted molar refractivity (Wildman–Crippen MR) is 116 cm³/mol. The summed E-state index contributed by atoms with van der Waals surface area (Å²) in [6.07, 6.45) is 3.48. The SMILES string of the molecule is Cc1ccc(-c2csc(NC(=O)CN3C(=O)NC4(CCCCC4C)C3=O)n2)c(C)c1. The van der Waals surface area contributed by atoms with Gasteiger partial charge in [-0.3, -0.25) is 14.5 Å². The van der Waals surface area contributed by atoms with Crippen molar-refractivity contribution in [2.75, 3.05) is 11.9 Å². The van der Waals surface area contributed by atoms with Gasteiger partial charge in [-0.25, -0.2) is 9.78 Å². The first-order chi connectivity index (χ1) is 14.3. The maximum atomic E-state index is 13.0. The Labute approximate surface area is 179 Å². The summed E-state index contributed by atoms with van der Waals surface area (Å²) < 4.78 is 0. The van der Waals surface area contributed by atoms with Crippen LogP contribution in [0, 0.1) is 19.8 Å². The number of urea groups is 1. The van der Waals surface area contributed by atoms with Gasteiger partial charge in [-0.05, 0) is 38.2 Å². The highest BCUT2D eigenvalue weighted by Gasteiger charge is 2.55. The molecule has 1 aromatic heterocycles. The van der Waals surface area contributed by atoms with Crippen molar-refractivity contribution in [1.82, 2.24) is 15.2 Å². The Morgan fingerprint density at radius 3 is 2.87 bits per heavy atom. The molecule has 1 saturated carbocycles. The third-order valence-electron chi connectivity index (χ3n) is 6.21. The molecule has 1 saturated heterocycles. The van der Waals surface area contributed by atoms with Crippen molar-refractivity contribution >= 4 is 34.3 Å². The van der Waals surface area contributed by atoms with E-state index in [4.69, 9.17) is 0 Å². The average molecular weight is 427 g/mol. The zero-order chi connectivity index (χ0) is 21.5. The summed E-state index contributed by atoms with van der Waals surface area (Å²) in [5.41, 5.74) is 3.24. The molecule has 30 heavy (non-hydrogen) atoms. The van der Waals surface area contributed by atoms with Crippen molar-refractivity contribution in [3.63, 3.8) is 0 Å². The molecule has 8 heteroatoms. The molecule has 2 atom stereocenters. The van der Waals surface area contributed by atoms with Gasteiger partial charge in [0.05, 0.1) is 5.69 Å². The number of imide groups is 1. The maximum absolute atomic E-state index is 13.0. The van der Waals surface area contributed by atoms with Gasteiger partial charge < -0.3 is 10.6 Å². The molecule has 2 heterocycles. The third kappa shape index (κ3) is 3.60. The third-order valence-corrected chi connectivity index (χ3v) is 6.97. The molecule has 1 aliphatic carbocycles. The second kappa shape index (κ2) is 7.83. The Bertz CT molecular complexity index is 1020. The summed E-state index contributed by atoms with van der Waals surface area (Å²) in [6.45, 7) is 5.75. The standard InChI is InChI=1S/C22H26N4O3S/c1-13-7-8-16(14(2)10-13)17-12-30-20(23-17)24-18(27)11-26-19(28)22(25-21(26)29)9-5-4-6-15(22)3/h7-8,10,12,15H,4-6,9,11H2,1-3H3,(H,25,29)(H,23,24,27). The summed E-state index contributed by atoms with van der Waals surface area (Å²) >= 11 is 1.32. The minimum Gasteiger partial charge on any atom is -0.323 e. The Hall–Kier alpha value is -2.74. The van der Waals surface area contributed by atoms with E-state index in [-0.39, 0.29) is 18.4 Å². The fourth-order valence-corrected chi connectivity index (χ4v) is 5.22. The van der Waals surface area contributed by atoms with Crippen LogP contribution in [-0.4, -0.2) is 39.8 Å². The molecular weight excluding hydrogens is 400 g/mol. The number of benzene rings is 1. The molecule has 0 radical (unpaired) electrons. The van der Waals surface area contributed by atoms with Crippen LogP contribution in [0.4, 0.5) is 9.93 Å². The van der Waals surface area contributed by atoms with Crippen LogP contribution in [0.5, 0.6) is 0 Å². The number of aromatic nitrogens is 1. The van der Waals surface area contributed by atoms with Crippen molar-refractivity contribution in [1.29, 1.82) is 0 Å². The normalized spacial score (nSPS) is 23.7. The van der Waals surface area contributed by atoms with Gasteiger partial charge >= 0.3 is 6.03 Å². The molecule has 2 aliphatic rings. The highest BCUT2D eigenvalue weighted by atomic mass is 32.1. The smallest absolute Gasteiger partial charge is 0.323 e. The molecule has 1 aromatic carbocycles. The molecule has 7 nitrogen and oxygen atoms in total. The number of carbonyl (C=O) groups is 3. The molecule has 2 aromatic rings. The largest absolute Gasteiger partial charge is 0.325 e. The monoisotopic (exact) mass is 426 g/mol. The number of rotatable bonds is 4. The fourth-order valence-electron chi connectivity index (χ4n) is 4.50. The number of amides is 4. The van der Waals surface area contributed by atoms with Crippen molar-refractivity contribution < 1.29 is 14.4 Å². The first-order valence-corrected chi connectivity index (χ1v) is 11.2. The van der Waals surface area contributed by atoms with E-state index in [1.54, 1.807) is 0 Å². The van der Waals surface area contributed by atoms with Gasteiger partial charge in [0.2, 0.25) is 5.91 Å². The van der Waals surface area contributed by atoms with Gasteiger partial charge in [0.25, 0.3) is 5.91 Å². The lowest BCUT2D eigenvalue weighted by Crippen LogP contribution is -2.54. The van der Waals surface area contributed by atoms with Crippen LogP contribution < -0.4 is 10.6 Å². The molecule has 1 aliphatic heterocycles. The molecule has 1 spiro atoms. The van der Waals surface area contributed by atoms with E-state index in [0.29, 0.717) is 11.6 Å². The van der Waals surface area contributed by atoms with Gasteiger partial charge in [-0.2, -0.15) is 0 Å². The van der Waals surface area contributed by atoms with E-state index in [1.165, 1.54) is 16.9 Å². The van der Waals surface area contributed by atoms with E-state index in [1.807, 2.05) is 38.3 Å². The summed E-state index contributed by atoms with van der Waals surface area (Å²) in [6, 6.07) is 5.65. The highest BCUT2D eigenvalue weighted by molar-refractivity contribution is 7.14. The molecule has 158 valence electrons. The van der Waals surface area contributed by atoms with Gasteiger partial charge in [-0.15, -0.1) is 11.3 Å². The van der Waals surface area contributed by atoms with E-state index in [9.17, 15) is 14.4 Å². The zero-order valence-corrected chi connectivity index (χ0v) is 18.3. The van der Waals surface area contributed by atoms with Crippen molar-refractivity contribution in [3.8, 4) is 11.3 Å². The van der Waals surface area contributed by atoms with Gasteiger partial charge in [-0.1, -0.05) is 43.5 Å². The Morgan fingerprint density at radius 1 is 1.33 bits per heavy atom. The average Bonchev–Trinajstić information content (AvgIpc) is 3.23. The number of nitrogens with one attached hydrogen (secondary N) is 2. The summed E-state index contributed by atoms with van der Waals surface area (Å²) in [4.78, 5) is 43.5. The summed E-state index contributed by atoms with van der Waals surface area (Å²) in [5.74, 6) is -0.652. The second-order valence-corrected chi connectivity index (χ2v) is 9.20. The number of aryl methyl sites for hydroxylation is 2. The van der Waals surface area contributed by atoms with Crippen LogP contribution in [0.1, 0.15) is 43.7 Å². The number of anilines is 1. The van der Waals surface area contributed by atoms with E-state index < -0.39 is 17.5 Å². The van der Waals surface area contributed by atoms with Crippen LogP contribution >= 0.6 is 11.3 Å². The van der Waals surface area contributed by atoms with Gasteiger partial charge in [0.15, 0.2) is 5.13 Å². The van der Waals surface area contributed by atoms with Gasteiger partial charge in [0.1, 0.15) is 12.1 Å². The number of nitrogens with zero attached hydrogens (tertiary/aromatic N) is 2. The van der Waals surface area contributed by atoms with Crippen LogP contribution in [0.2, 0.25) is 0 Å². The number of carbonyl (C=O) groups excluding carboxylic acids is 3. The van der Waals surface area contributed by atoms with Crippen LogP contribution in [0.3, 0.4) is 0 Å². The number of thiazole rings is 1. The zero-order valence-electron chi connectivity index (χ0n) is 17.4. The lowest BCUT2D eigenvalue weighted by atomic mass is 9.73. The maximum Gasteiger partial charge on any atom is 0.325 e. The second-order valence-electron chi connectivity index (χ2n) is 8.34. The van der Waals surface area contributed by atoms with E-state index in [0.717, 1.165) is 41.0 Å². The lowest BCUT2D eigenvalue weighted by molar-refractivity contribution is -0.136. The minimum absolute atomic E-state index is 0.0648. The quantitative estimate of drug-likeness (QED) is 0.726. The Kier molecular flexibility index (Phi) is 5.36. The molecular formula is C22H26N4O3S. The van der Waals surface area contributed by atoms with Crippen molar-refractivity contribution in [3.05, 3.63) is 34.7 Å². The molecule has 4 rings (SSSR count). The number of hydrogen-bond acceptors (Lipinski definition) is 5. The van der Waals surface area contributed by atoms with Crippen LogP contribution in [-0.2, 0) is 9.59 Å². The summed E-state index contributed by atoms with van der Waals surface area (Å²) in [5, 5.41) is 7.93. The summed E-state index contributed by atoms with van der Waals surface area (Å²) in [7, 11) is 0. The Balaban J connectivity index is 1.43. The predicted octanol–water partition coefficient (Wildman–Crippen LogP) is 3.87. The molecule has 4 amide bonds. The van der Waals surface area contributed by atoms with Gasteiger partial charge in [0, 0.05) is 10.9 Å². The molecule has 0 bridgehead atoms. The van der Waals surface area contributed by atoms with Crippen LogP contribution in [0.25, 0.3) is 11.3 Å². The molecule has 2 unspecified atom stereocenters. The topological polar surface area (TPSA) is 91.4 Å². The minimum atomic E-state index is -0.854. The van der Waals surface area contributed by atoms with Crippen molar-refractivity contribution in [2.24, 2.45) is 5.92 Å². The first kappa shape index (κ1) is 20.5. The van der Waals surface area contributed by atoms with Crippen LogP contribution in [0.15, 0.2) is 23.6 Å². The Morgan fingerprint density at radius 2 is 2.13 bits per heavy atom. The number of hydrogen-bond donors (Lipinski definition) is 2. The molecule has 2 N–H and O–H groups in total. The van der Waals surface area contributed by atoms with E-state index in [2.05, 4.69) is 21.7 Å². The first-order valence-electron chi connectivity index (χ1n) is 10.3. The lowest BCUT2D eigenvalue weighted by Gasteiger charge is -2.36. The van der Waals surface area contributed by atoms with Crippen molar-refractivity contribution in [2.45, 2.75) is 52.0 Å². The fraction of sp³-hybridized carbons (Fsp3) is 0.455. The molecule has 2 fully saturated rings. The van der Waals surface area contributed by atoms with E-state index >= 15 is 0 Å². The highest BCUT2D eigenvalue weighted by Crippen LogP contribution is 2.38.